The van der Waals surface area contributed by atoms with E-state index in [1.54, 1.807) is 18.2 Å². The number of aryl methyl sites for hydroxylation is 1. The molecule has 0 aromatic heterocycles. The highest BCUT2D eigenvalue weighted by Crippen LogP contribution is 2.51. The summed E-state index contributed by atoms with van der Waals surface area (Å²) in [6.45, 7) is 1.37. The van der Waals surface area contributed by atoms with E-state index < -0.39 is 5.97 Å². The molecule has 1 amide bonds. The molecule has 1 N–H and O–H groups in total. The second-order valence-electron chi connectivity index (χ2n) is 7.72. The number of esters is 1. The molecular weight excluding hydrogens is 334 g/mol. The Hall–Kier alpha value is -2.21. The number of carbonyl (C=O) groups is 3. The van der Waals surface area contributed by atoms with Crippen LogP contribution in [-0.4, -0.2) is 37.5 Å². The van der Waals surface area contributed by atoms with Crippen molar-refractivity contribution in [2.24, 2.45) is 11.3 Å². The van der Waals surface area contributed by atoms with E-state index in [0.29, 0.717) is 12.0 Å². The molecule has 2 heterocycles. The van der Waals surface area contributed by atoms with Gasteiger partial charge in [-0.05, 0) is 61.3 Å². The third-order valence-corrected chi connectivity index (χ3v) is 5.81. The Labute approximate surface area is 152 Å². The van der Waals surface area contributed by atoms with Gasteiger partial charge in [-0.3, -0.25) is 9.59 Å². The van der Waals surface area contributed by atoms with Crippen molar-refractivity contribution in [3.63, 3.8) is 0 Å². The van der Waals surface area contributed by atoms with Gasteiger partial charge in [0.1, 0.15) is 0 Å². The molecule has 0 atom stereocenters. The summed E-state index contributed by atoms with van der Waals surface area (Å²) >= 11 is 0. The molecule has 4 rings (SSSR count). The molecule has 0 unspecified atom stereocenters. The monoisotopic (exact) mass is 357 g/mol. The van der Waals surface area contributed by atoms with Gasteiger partial charge >= 0.3 is 5.97 Å². The molecule has 1 saturated carbocycles. The number of ketones is 1. The minimum absolute atomic E-state index is 0.00195. The van der Waals surface area contributed by atoms with Crippen LogP contribution in [0.2, 0.25) is 0 Å². The van der Waals surface area contributed by atoms with Crippen LogP contribution in [0.1, 0.15) is 48.0 Å². The standard InChI is InChI=1S/C20H23NO5/c22-17(15-9-20(10-15)6-7-25-12-20)11-26-19(24)14-4-5-16-13(8-14)2-1-3-18(23)21-16/h4-5,8,15H,1-3,6-7,9-12H2,(H,21,23). The fraction of sp³-hybridized carbons (Fsp3) is 0.550. The average Bonchev–Trinajstić information content (AvgIpc) is 3.02. The van der Waals surface area contributed by atoms with Gasteiger partial charge in [-0.25, -0.2) is 4.79 Å². The highest BCUT2D eigenvalue weighted by molar-refractivity contribution is 5.95. The lowest BCUT2D eigenvalue weighted by Gasteiger charge is -2.43. The Morgan fingerprint density at radius 1 is 1.27 bits per heavy atom. The summed E-state index contributed by atoms with van der Waals surface area (Å²) in [7, 11) is 0. The molecule has 1 saturated heterocycles. The van der Waals surface area contributed by atoms with Crippen molar-refractivity contribution >= 4 is 23.3 Å². The lowest BCUT2D eigenvalue weighted by atomic mass is 9.60. The Bertz CT molecular complexity index is 743. The van der Waals surface area contributed by atoms with E-state index in [1.807, 2.05) is 0 Å². The minimum Gasteiger partial charge on any atom is -0.454 e. The molecular formula is C20H23NO5. The van der Waals surface area contributed by atoms with Gasteiger partial charge in [0.05, 0.1) is 12.2 Å². The Kier molecular flexibility index (Phi) is 4.53. The molecule has 6 nitrogen and oxygen atoms in total. The van der Waals surface area contributed by atoms with Crippen molar-refractivity contribution in [3.05, 3.63) is 29.3 Å². The average molecular weight is 357 g/mol. The molecule has 0 radical (unpaired) electrons. The molecule has 6 heteroatoms. The summed E-state index contributed by atoms with van der Waals surface area (Å²) in [4.78, 5) is 36.1. The number of carbonyl (C=O) groups excluding carboxylic acids is 3. The zero-order valence-corrected chi connectivity index (χ0v) is 14.7. The van der Waals surface area contributed by atoms with Gasteiger partial charge in [0.15, 0.2) is 12.4 Å². The maximum Gasteiger partial charge on any atom is 0.338 e. The van der Waals surface area contributed by atoms with Crippen LogP contribution in [0, 0.1) is 11.3 Å². The normalized spacial score (nSPS) is 27.2. The number of nitrogens with one attached hydrogen (secondary N) is 1. The van der Waals surface area contributed by atoms with Gasteiger partial charge in [0.2, 0.25) is 5.91 Å². The van der Waals surface area contributed by atoms with Gasteiger partial charge in [-0.1, -0.05) is 0 Å². The topological polar surface area (TPSA) is 81.7 Å². The van der Waals surface area contributed by atoms with Crippen molar-refractivity contribution in [1.82, 2.24) is 0 Å². The second-order valence-corrected chi connectivity index (χ2v) is 7.72. The van der Waals surface area contributed by atoms with E-state index in [4.69, 9.17) is 9.47 Å². The Balaban J connectivity index is 1.32. The highest BCUT2D eigenvalue weighted by atomic mass is 16.5. The Morgan fingerprint density at radius 3 is 2.88 bits per heavy atom. The smallest absolute Gasteiger partial charge is 0.338 e. The van der Waals surface area contributed by atoms with E-state index in [1.165, 1.54) is 0 Å². The molecule has 26 heavy (non-hydrogen) atoms. The summed E-state index contributed by atoms with van der Waals surface area (Å²) in [6.07, 6.45) is 4.70. The number of hydrogen-bond acceptors (Lipinski definition) is 5. The van der Waals surface area contributed by atoms with Gasteiger partial charge in [0.25, 0.3) is 0 Å². The van der Waals surface area contributed by atoms with E-state index in [0.717, 1.165) is 56.6 Å². The number of hydrogen-bond donors (Lipinski definition) is 1. The highest BCUT2D eigenvalue weighted by Gasteiger charge is 2.49. The minimum atomic E-state index is -0.491. The van der Waals surface area contributed by atoms with E-state index >= 15 is 0 Å². The van der Waals surface area contributed by atoms with Crippen molar-refractivity contribution in [2.45, 2.75) is 38.5 Å². The van der Waals surface area contributed by atoms with Crippen molar-refractivity contribution < 1.29 is 23.9 Å². The number of fused-ring (bicyclic) bond motifs is 1. The van der Waals surface area contributed by atoms with E-state index in [-0.39, 0.29) is 29.6 Å². The first-order valence-corrected chi connectivity index (χ1v) is 9.25. The summed E-state index contributed by atoms with van der Waals surface area (Å²) in [6, 6.07) is 5.11. The molecule has 138 valence electrons. The molecule has 0 bridgehead atoms. The predicted molar refractivity (Wildman–Crippen MR) is 93.9 cm³/mol. The van der Waals surface area contributed by atoms with Gasteiger partial charge in [-0.2, -0.15) is 0 Å². The maximum absolute atomic E-state index is 12.3. The third-order valence-electron chi connectivity index (χ3n) is 5.81. The zero-order valence-electron chi connectivity index (χ0n) is 14.7. The van der Waals surface area contributed by atoms with Crippen LogP contribution in [0.4, 0.5) is 5.69 Å². The first-order chi connectivity index (χ1) is 12.5. The Morgan fingerprint density at radius 2 is 2.12 bits per heavy atom. The number of amides is 1. The number of rotatable bonds is 4. The molecule has 2 fully saturated rings. The van der Waals surface area contributed by atoms with Crippen LogP contribution in [-0.2, 0) is 25.5 Å². The largest absolute Gasteiger partial charge is 0.454 e. The predicted octanol–water partition coefficient (Wildman–Crippen LogP) is 2.50. The van der Waals surface area contributed by atoms with E-state index in [9.17, 15) is 14.4 Å². The van der Waals surface area contributed by atoms with Crippen molar-refractivity contribution in [3.8, 4) is 0 Å². The fourth-order valence-corrected chi connectivity index (χ4v) is 4.22. The molecule has 1 aromatic rings. The van der Waals surface area contributed by atoms with Gasteiger partial charge < -0.3 is 14.8 Å². The molecule has 2 aliphatic heterocycles. The number of anilines is 1. The quantitative estimate of drug-likeness (QED) is 0.838. The van der Waals surface area contributed by atoms with Crippen molar-refractivity contribution in [2.75, 3.05) is 25.1 Å². The van der Waals surface area contributed by atoms with Crippen LogP contribution in [0.5, 0.6) is 0 Å². The van der Waals surface area contributed by atoms with Crippen LogP contribution in [0.25, 0.3) is 0 Å². The molecule has 3 aliphatic rings. The fourth-order valence-electron chi connectivity index (χ4n) is 4.22. The lowest BCUT2D eigenvalue weighted by Crippen LogP contribution is -2.42. The third kappa shape index (κ3) is 3.38. The van der Waals surface area contributed by atoms with Crippen molar-refractivity contribution in [1.29, 1.82) is 0 Å². The molecule has 1 aromatic carbocycles. The SMILES string of the molecule is O=C1CCCc2cc(C(=O)OCC(=O)C3CC4(CCOC4)C3)ccc2N1. The zero-order chi connectivity index (χ0) is 18.1. The maximum atomic E-state index is 12.3. The molecule has 1 aliphatic carbocycles. The van der Waals surface area contributed by atoms with Crippen LogP contribution in [0.15, 0.2) is 18.2 Å². The lowest BCUT2D eigenvalue weighted by molar-refractivity contribution is -0.133. The van der Waals surface area contributed by atoms with Gasteiger partial charge in [-0.15, -0.1) is 0 Å². The summed E-state index contributed by atoms with van der Waals surface area (Å²) < 4.78 is 10.7. The first kappa shape index (κ1) is 17.2. The number of Topliss-reactive ketones (excluding diaryl/α,β-unsaturated/α-hetero) is 1. The van der Waals surface area contributed by atoms with Gasteiger partial charge in [0, 0.05) is 24.6 Å². The van der Waals surface area contributed by atoms with E-state index in [2.05, 4.69) is 5.32 Å². The first-order valence-electron chi connectivity index (χ1n) is 9.25. The second kappa shape index (κ2) is 6.83. The van der Waals surface area contributed by atoms with Crippen LogP contribution < -0.4 is 5.32 Å². The van der Waals surface area contributed by atoms with Crippen LogP contribution >= 0.6 is 0 Å². The van der Waals surface area contributed by atoms with Crippen LogP contribution in [0.3, 0.4) is 0 Å². The summed E-state index contributed by atoms with van der Waals surface area (Å²) in [5.74, 6) is -0.504. The molecule has 1 spiro atoms. The summed E-state index contributed by atoms with van der Waals surface area (Å²) in [5, 5.41) is 2.84. The number of ether oxygens (including phenoxy) is 2. The summed E-state index contributed by atoms with van der Waals surface area (Å²) in [5.41, 5.74) is 2.30. The number of benzene rings is 1.